The number of carboxylic acids is 2. The summed E-state index contributed by atoms with van der Waals surface area (Å²) in [4.78, 5) is 46.4. The van der Waals surface area contributed by atoms with Crippen molar-refractivity contribution in [3.63, 3.8) is 0 Å². The monoisotopic (exact) mass is 918 g/mol. The maximum atomic E-state index is 11.6. The molecular weight excluding hydrogens is 853 g/mol. The first kappa shape index (κ1) is 53.3. The highest BCUT2D eigenvalue weighted by molar-refractivity contribution is 8.01. The van der Waals surface area contributed by atoms with Crippen LogP contribution in [-0.2, 0) is 44.9 Å². The van der Waals surface area contributed by atoms with Crippen LogP contribution in [0.15, 0.2) is 94.7 Å². The molecule has 0 aromatic heterocycles. The molecule has 0 aliphatic heterocycles. The number of phenolic OH excluding ortho intramolecular Hbond substituents is 2. The first-order chi connectivity index (χ1) is 30.0. The third-order valence-electron chi connectivity index (χ3n) is 10.6. The first-order valence-corrected chi connectivity index (χ1v) is 23.1. The number of fused-ring (bicyclic) bond motifs is 2. The van der Waals surface area contributed by atoms with E-state index in [0.29, 0.717) is 23.6 Å². The molecule has 14 heteroatoms. The van der Waals surface area contributed by atoms with Gasteiger partial charge >= 0.3 is 11.9 Å². The summed E-state index contributed by atoms with van der Waals surface area (Å²) >= 11 is 3.33. The third-order valence-corrected chi connectivity index (χ3v) is 13.2. The molecule has 12 nitrogen and oxygen atoms in total. The molecule has 6 rings (SSSR count). The zero-order chi connectivity index (χ0) is 47.8. The van der Waals surface area contributed by atoms with Gasteiger partial charge < -0.3 is 40.5 Å². The maximum absolute atomic E-state index is 11.6. The van der Waals surface area contributed by atoms with Crippen molar-refractivity contribution in [2.24, 2.45) is 0 Å². The second kappa shape index (κ2) is 24.9. The van der Waals surface area contributed by atoms with Crippen molar-refractivity contribution in [2.45, 2.75) is 138 Å². The Morgan fingerprint density at radius 3 is 1.17 bits per heavy atom. The van der Waals surface area contributed by atoms with Crippen LogP contribution in [0.3, 0.4) is 0 Å². The quantitative estimate of drug-likeness (QED) is 0.0584. The highest BCUT2D eigenvalue weighted by Gasteiger charge is 2.28. The summed E-state index contributed by atoms with van der Waals surface area (Å²) in [6.45, 7) is 20.6. The molecule has 0 heterocycles. The Hall–Kier alpha value is -5.02. The minimum absolute atomic E-state index is 0.121. The summed E-state index contributed by atoms with van der Waals surface area (Å²) in [6, 6.07) is 26.2. The van der Waals surface area contributed by atoms with Gasteiger partial charge in [-0.3, -0.25) is 9.59 Å². The van der Waals surface area contributed by atoms with Crippen molar-refractivity contribution < 1.29 is 49.1 Å². The molecule has 0 amide bonds. The normalized spacial score (nSPS) is 15.8. The number of hydrogen-bond acceptors (Lipinski definition) is 12. The fourth-order valence-corrected chi connectivity index (χ4v) is 8.61. The Labute approximate surface area is 386 Å². The third kappa shape index (κ3) is 17.5. The van der Waals surface area contributed by atoms with E-state index in [1.807, 2.05) is 27.7 Å². The highest BCUT2D eigenvalue weighted by atomic mass is 32.2. The largest absolute Gasteiger partial charge is 0.508 e. The van der Waals surface area contributed by atoms with Crippen molar-refractivity contribution in [3.05, 3.63) is 107 Å². The average molecular weight is 919 g/mol. The number of carbonyl (C=O) groups excluding carboxylic acids is 2. The van der Waals surface area contributed by atoms with E-state index in [2.05, 4.69) is 60.9 Å². The van der Waals surface area contributed by atoms with Crippen LogP contribution < -0.4 is 20.1 Å². The van der Waals surface area contributed by atoms with Gasteiger partial charge in [0.2, 0.25) is 0 Å². The summed E-state index contributed by atoms with van der Waals surface area (Å²) in [5.74, 6) is -0.501. The number of thioether (sulfide) groups is 2. The van der Waals surface area contributed by atoms with E-state index < -0.39 is 24.1 Å². The van der Waals surface area contributed by atoms with Gasteiger partial charge in [-0.2, -0.15) is 0 Å². The highest BCUT2D eigenvalue weighted by Crippen LogP contribution is 2.37. The van der Waals surface area contributed by atoms with Gasteiger partial charge in [-0.05, 0) is 189 Å². The number of phenols is 2. The molecule has 0 bridgehead atoms. The first-order valence-electron chi connectivity index (χ1n) is 21.5. The van der Waals surface area contributed by atoms with E-state index in [1.165, 1.54) is 94.4 Å². The van der Waals surface area contributed by atoms with E-state index in [-0.39, 0.29) is 32.6 Å². The number of likely N-dealkylation sites (N-methyl/N-ethyl adjacent to an activating group) is 2. The number of nitrogens with one attached hydrogen (secondary N) is 2. The van der Waals surface area contributed by atoms with E-state index >= 15 is 0 Å². The minimum atomic E-state index is -1.02. The summed E-state index contributed by atoms with van der Waals surface area (Å²) < 4.78 is 9.36. The summed E-state index contributed by atoms with van der Waals surface area (Å²) in [5.41, 5.74) is 5.79. The molecule has 64 heavy (non-hydrogen) atoms. The van der Waals surface area contributed by atoms with Gasteiger partial charge in [-0.15, -0.1) is 23.5 Å². The molecule has 348 valence electrons. The smallest absolute Gasteiger partial charge is 0.344 e. The molecule has 2 aliphatic rings. The summed E-state index contributed by atoms with van der Waals surface area (Å²) in [6.07, 6.45) is 2.71. The number of Topliss-reactive ketones (excluding diaryl/α,β-unsaturated/α-hetero) is 2. The van der Waals surface area contributed by atoms with Gasteiger partial charge in [0.25, 0.3) is 0 Å². The van der Waals surface area contributed by atoms with Crippen LogP contribution in [-0.4, -0.2) is 90.8 Å². The molecule has 0 saturated carbocycles. The van der Waals surface area contributed by atoms with Gasteiger partial charge in [0.05, 0.1) is 9.49 Å². The van der Waals surface area contributed by atoms with Crippen LogP contribution in [0.25, 0.3) is 0 Å². The van der Waals surface area contributed by atoms with Crippen LogP contribution in [0.5, 0.6) is 23.0 Å². The molecule has 0 fully saturated rings. The van der Waals surface area contributed by atoms with Crippen LogP contribution in [0.1, 0.15) is 91.5 Å². The predicted octanol–water partition coefficient (Wildman–Crippen LogP) is 8.93. The lowest BCUT2D eigenvalue weighted by molar-refractivity contribution is -0.145. The van der Waals surface area contributed by atoms with Crippen LogP contribution in [0.4, 0.5) is 0 Å². The molecule has 4 aromatic rings. The Kier molecular flexibility index (Phi) is 20.7. The zero-order valence-corrected chi connectivity index (χ0v) is 40.3. The standard InChI is InChI=1S/2C16H23NOS.2C9H10O4/c2*1-5-17-14-8-12-6-7-15(10-13(12)9-14)19-16(3,4)11(2)18;2*1-6(9(11)12)13-8-4-2-7(10)3-5-8/h2*6-7,10,14,17H,5,8-9H2,1-4H3;2*2-6,10H,1H3,(H,11,12)/t14-;;2*6-/m1.11/s1. The van der Waals surface area contributed by atoms with E-state index in [0.717, 1.165) is 38.8 Å². The van der Waals surface area contributed by atoms with Gasteiger partial charge in [0, 0.05) is 21.9 Å². The van der Waals surface area contributed by atoms with Gasteiger partial charge in [-0.25, -0.2) is 9.59 Å². The Morgan fingerprint density at radius 1 is 0.578 bits per heavy atom. The van der Waals surface area contributed by atoms with Crippen molar-refractivity contribution in [2.75, 3.05) is 13.1 Å². The molecule has 4 atom stereocenters. The van der Waals surface area contributed by atoms with Crippen molar-refractivity contribution >= 4 is 47.0 Å². The molecule has 6 N–H and O–H groups in total. The van der Waals surface area contributed by atoms with E-state index in [1.54, 1.807) is 37.4 Å². The number of carboxylic acid groups (broad SMARTS) is 2. The minimum Gasteiger partial charge on any atom is -0.508 e. The number of carbonyl (C=O) groups is 4. The Balaban J connectivity index is 0.000000231. The lowest BCUT2D eigenvalue weighted by Gasteiger charge is -2.20. The second-order valence-corrected chi connectivity index (χ2v) is 20.1. The number of hydrogen-bond donors (Lipinski definition) is 6. The van der Waals surface area contributed by atoms with Crippen LogP contribution >= 0.6 is 23.5 Å². The summed E-state index contributed by atoms with van der Waals surface area (Å²) in [5, 5.41) is 41.9. The lowest BCUT2D eigenvalue weighted by atomic mass is 10.1. The molecular formula is C50H66N2O10S2. The van der Waals surface area contributed by atoms with E-state index in [9.17, 15) is 19.2 Å². The summed E-state index contributed by atoms with van der Waals surface area (Å²) in [7, 11) is 0. The van der Waals surface area contributed by atoms with Crippen molar-refractivity contribution in [1.82, 2.24) is 10.6 Å². The molecule has 4 aromatic carbocycles. The SMILES string of the molecule is CCNC1Cc2ccc(SC(C)(C)C(C)=O)cc2C1.CCN[C@@H]1Cc2ccc(SC(C)(C)C(C)=O)cc2C1.C[C@@H](Oc1ccc(O)cc1)C(=O)O.C[C@@H](Oc1ccc(O)cc1)C(=O)O. The fourth-order valence-electron chi connectivity index (χ4n) is 6.47. The number of ether oxygens (including phenoxy) is 2. The fraction of sp³-hybridized carbons (Fsp3) is 0.440. The number of benzene rings is 4. The average Bonchev–Trinajstić information content (AvgIpc) is 3.82. The molecule has 2 aliphatic carbocycles. The Morgan fingerprint density at radius 2 is 0.891 bits per heavy atom. The van der Waals surface area contributed by atoms with Crippen molar-refractivity contribution in [3.8, 4) is 23.0 Å². The van der Waals surface area contributed by atoms with Crippen molar-refractivity contribution in [1.29, 1.82) is 0 Å². The number of aromatic hydroxyl groups is 2. The molecule has 0 spiro atoms. The number of ketones is 2. The Bertz CT molecular complexity index is 2010. The number of rotatable bonds is 16. The van der Waals surface area contributed by atoms with E-state index in [4.69, 9.17) is 29.9 Å². The van der Waals surface area contributed by atoms with Gasteiger partial charge in [0.15, 0.2) is 12.2 Å². The maximum Gasteiger partial charge on any atom is 0.344 e. The van der Waals surface area contributed by atoms with Gasteiger partial charge in [0.1, 0.15) is 34.6 Å². The zero-order valence-electron chi connectivity index (χ0n) is 38.7. The second-order valence-electron chi connectivity index (χ2n) is 16.7. The molecule has 0 radical (unpaired) electrons. The van der Waals surface area contributed by atoms with Crippen LogP contribution in [0.2, 0.25) is 0 Å². The van der Waals surface area contributed by atoms with Gasteiger partial charge in [-0.1, -0.05) is 26.0 Å². The predicted molar refractivity (Wildman–Crippen MR) is 256 cm³/mol. The molecule has 0 saturated heterocycles. The lowest BCUT2D eigenvalue weighted by Crippen LogP contribution is -2.28. The molecule has 1 unspecified atom stereocenters. The topological polar surface area (TPSA) is 192 Å². The number of aliphatic carboxylic acids is 2. The van der Waals surface area contributed by atoms with Crippen LogP contribution in [0, 0.1) is 0 Å².